The summed E-state index contributed by atoms with van der Waals surface area (Å²) in [5.41, 5.74) is 2.80. The maximum absolute atomic E-state index is 14.3. The SMILES string of the molecule is CCOc1ccc(S(=O)(=O)N(CC(=O)N(Cc2cccc(Cl)c2)C(Cc2ccccc2)C(=O)NC)c2ccc(C)cc2)cc1. The lowest BCUT2D eigenvalue weighted by Gasteiger charge is -2.33. The van der Waals surface area contributed by atoms with E-state index < -0.39 is 28.5 Å². The summed E-state index contributed by atoms with van der Waals surface area (Å²) < 4.78 is 34.8. The summed E-state index contributed by atoms with van der Waals surface area (Å²) in [7, 11) is -2.70. The Balaban J connectivity index is 1.77. The maximum Gasteiger partial charge on any atom is 0.264 e. The molecule has 1 atom stereocenters. The van der Waals surface area contributed by atoms with Gasteiger partial charge >= 0.3 is 0 Å². The lowest BCUT2D eigenvalue weighted by atomic mass is 10.0. The van der Waals surface area contributed by atoms with Gasteiger partial charge in [-0.2, -0.15) is 0 Å². The van der Waals surface area contributed by atoms with E-state index >= 15 is 0 Å². The summed E-state index contributed by atoms with van der Waals surface area (Å²) in [5, 5.41) is 3.16. The lowest BCUT2D eigenvalue weighted by Crippen LogP contribution is -2.53. The second-order valence-electron chi connectivity index (χ2n) is 10.2. The van der Waals surface area contributed by atoms with Crippen LogP contribution in [0.1, 0.15) is 23.6 Å². The molecule has 4 aromatic rings. The lowest BCUT2D eigenvalue weighted by molar-refractivity contribution is -0.139. The first-order valence-corrected chi connectivity index (χ1v) is 16.1. The minimum absolute atomic E-state index is 0.00264. The summed E-state index contributed by atoms with van der Waals surface area (Å²) in [5.74, 6) is -0.392. The van der Waals surface area contributed by atoms with Gasteiger partial charge in [-0.15, -0.1) is 0 Å². The summed E-state index contributed by atoms with van der Waals surface area (Å²) in [6.45, 7) is 3.67. The van der Waals surface area contributed by atoms with Crippen LogP contribution in [0.5, 0.6) is 5.75 Å². The van der Waals surface area contributed by atoms with Crippen LogP contribution in [0.3, 0.4) is 0 Å². The van der Waals surface area contributed by atoms with E-state index in [4.69, 9.17) is 16.3 Å². The number of nitrogens with zero attached hydrogens (tertiary/aromatic N) is 2. The van der Waals surface area contributed by atoms with Gasteiger partial charge in [0, 0.05) is 25.0 Å². The highest BCUT2D eigenvalue weighted by atomic mass is 35.5. The molecule has 0 fully saturated rings. The Bertz CT molecular complexity index is 1660. The van der Waals surface area contributed by atoms with Crippen molar-refractivity contribution in [3.8, 4) is 5.75 Å². The van der Waals surface area contributed by atoms with Gasteiger partial charge in [-0.1, -0.05) is 71.8 Å². The van der Waals surface area contributed by atoms with E-state index in [0.717, 1.165) is 15.4 Å². The zero-order valence-corrected chi connectivity index (χ0v) is 26.5. The molecule has 10 heteroatoms. The number of hydrogen-bond acceptors (Lipinski definition) is 5. The Morgan fingerprint density at radius 1 is 0.886 bits per heavy atom. The molecule has 0 aliphatic heterocycles. The molecule has 0 heterocycles. The normalized spacial score (nSPS) is 11.8. The molecule has 8 nitrogen and oxygen atoms in total. The van der Waals surface area contributed by atoms with E-state index in [9.17, 15) is 18.0 Å². The zero-order valence-electron chi connectivity index (χ0n) is 24.9. The van der Waals surface area contributed by atoms with Gasteiger partial charge < -0.3 is 15.0 Å². The first kappa shape index (κ1) is 32.6. The van der Waals surface area contributed by atoms with Crippen molar-refractivity contribution < 1.29 is 22.7 Å². The zero-order chi connectivity index (χ0) is 31.7. The third kappa shape index (κ3) is 8.18. The van der Waals surface area contributed by atoms with Crippen LogP contribution in [0.4, 0.5) is 5.69 Å². The van der Waals surface area contributed by atoms with Crippen molar-refractivity contribution in [1.29, 1.82) is 0 Å². The first-order chi connectivity index (χ1) is 21.1. The van der Waals surface area contributed by atoms with Crippen LogP contribution in [-0.4, -0.2) is 51.4 Å². The Labute approximate surface area is 264 Å². The van der Waals surface area contributed by atoms with E-state index in [1.807, 2.05) is 50.2 Å². The standard InChI is InChI=1S/C34H36ClN3O5S/c1-4-43-30-17-19-31(20-18-30)44(41,42)38(29-15-13-25(2)14-16-29)24-33(39)37(23-27-11-8-12-28(35)21-27)32(34(40)36-3)22-26-9-6-5-7-10-26/h5-21,32H,4,22-24H2,1-3H3,(H,36,40). The molecule has 0 radical (unpaired) electrons. The van der Waals surface area contributed by atoms with E-state index in [1.54, 1.807) is 54.6 Å². The molecule has 4 rings (SSSR count). The highest BCUT2D eigenvalue weighted by Gasteiger charge is 2.34. The van der Waals surface area contributed by atoms with Gasteiger partial charge in [0.05, 0.1) is 17.2 Å². The van der Waals surface area contributed by atoms with E-state index in [-0.39, 0.29) is 23.8 Å². The monoisotopic (exact) mass is 633 g/mol. The number of sulfonamides is 1. The van der Waals surface area contributed by atoms with Crippen LogP contribution < -0.4 is 14.4 Å². The molecular weight excluding hydrogens is 598 g/mol. The van der Waals surface area contributed by atoms with Crippen LogP contribution >= 0.6 is 11.6 Å². The quantitative estimate of drug-likeness (QED) is 0.206. The van der Waals surface area contributed by atoms with Crippen molar-refractivity contribution in [1.82, 2.24) is 10.2 Å². The van der Waals surface area contributed by atoms with Gasteiger partial charge in [0.1, 0.15) is 18.3 Å². The highest BCUT2D eigenvalue weighted by molar-refractivity contribution is 7.92. The number of halogens is 1. The first-order valence-electron chi connectivity index (χ1n) is 14.2. The molecule has 230 valence electrons. The number of benzene rings is 4. The Kier molecular flexibility index (Phi) is 11.0. The molecule has 0 aromatic heterocycles. The predicted molar refractivity (Wildman–Crippen MR) is 173 cm³/mol. The van der Waals surface area contributed by atoms with Gasteiger partial charge in [-0.25, -0.2) is 8.42 Å². The van der Waals surface area contributed by atoms with E-state index in [2.05, 4.69) is 5.32 Å². The smallest absolute Gasteiger partial charge is 0.264 e. The van der Waals surface area contributed by atoms with Crippen molar-refractivity contribution in [2.75, 3.05) is 24.5 Å². The molecule has 2 amide bonds. The molecule has 4 aromatic carbocycles. The number of likely N-dealkylation sites (N-methyl/N-ethyl adjacent to an activating group) is 1. The maximum atomic E-state index is 14.3. The number of carbonyl (C=O) groups is 2. The number of carbonyl (C=O) groups excluding carboxylic acids is 2. The van der Waals surface area contributed by atoms with Crippen molar-refractivity contribution in [3.63, 3.8) is 0 Å². The number of aryl methyl sites for hydroxylation is 1. The van der Waals surface area contributed by atoms with Crippen molar-refractivity contribution in [3.05, 3.63) is 125 Å². The number of ether oxygens (including phenoxy) is 1. The number of rotatable bonds is 13. The fraction of sp³-hybridized carbons (Fsp3) is 0.235. The number of amides is 2. The third-order valence-corrected chi connectivity index (χ3v) is 9.11. The molecular formula is C34H36ClN3O5S. The molecule has 44 heavy (non-hydrogen) atoms. The minimum Gasteiger partial charge on any atom is -0.494 e. The second-order valence-corrected chi connectivity index (χ2v) is 12.5. The van der Waals surface area contributed by atoms with Crippen LogP contribution in [0, 0.1) is 6.92 Å². The van der Waals surface area contributed by atoms with Crippen LogP contribution in [0.25, 0.3) is 0 Å². The second kappa shape index (κ2) is 14.9. The average molecular weight is 634 g/mol. The predicted octanol–water partition coefficient (Wildman–Crippen LogP) is 5.63. The number of hydrogen-bond donors (Lipinski definition) is 1. The molecule has 0 aliphatic rings. The van der Waals surface area contributed by atoms with Gasteiger partial charge in [0.15, 0.2) is 0 Å². The number of anilines is 1. The van der Waals surface area contributed by atoms with E-state index in [1.165, 1.54) is 24.1 Å². The topological polar surface area (TPSA) is 96.0 Å². The molecule has 0 saturated heterocycles. The molecule has 0 saturated carbocycles. The molecule has 0 bridgehead atoms. The Hall–Kier alpha value is -4.34. The Morgan fingerprint density at radius 2 is 1.55 bits per heavy atom. The van der Waals surface area contributed by atoms with Gasteiger partial charge in [0.25, 0.3) is 10.0 Å². The van der Waals surface area contributed by atoms with Crippen molar-refractivity contribution in [2.24, 2.45) is 0 Å². The van der Waals surface area contributed by atoms with Gasteiger partial charge in [-0.05, 0) is 73.5 Å². The van der Waals surface area contributed by atoms with Gasteiger partial charge in [0.2, 0.25) is 11.8 Å². The molecule has 0 spiro atoms. The summed E-state index contributed by atoms with van der Waals surface area (Å²) in [4.78, 5) is 29.1. The third-order valence-electron chi connectivity index (χ3n) is 7.08. The minimum atomic E-state index is -4.21. The van der Waals surface area contributed by atoms with Crippen LogP contribution in [0.2, 0.25) is 5.02 Å². The highest BCUT2D eigenvalue weighted by Crippen LogP contribution is 2.27. The number of nitrogens with one attached hydrogen (secondary N) is 1. The summed E-state index contributed by atoms with van der Waals surface area (Å²) in [6.07, 6.45) is 0.225. The molecule has 0 aliphatic carbocycles. The summed E-state index contributed by atoms with van der Waals surface area (Å²) in [6, 6.07) is 28.4. The van der Waals surface area contributed by atoms with Crippen molar-refractivity contribution >= 4 is 39.1 Å². The summed E-state index contributed by atoms with van der Waals surface area (Å²) >= 11 is 6.26. The van der Waals surface area contributed by atoms with Crippen LogP contribution in [0.15, 0.2) is 108 Å². The Morgan fingerprint density at radius 3 is 2.16 bits per heavy atom. The average Bonchev–Trinajstić information content (AvgIpc) is 3.02. The fourth-order valence-electron chi connectivity index (χ4n) is 4.79. The van der Waals surface area contributed by atoms with Crippen LogP contribution in [-0.2, 0) is 32.6 Å². The van der Waals surface area contributed by atoms with Crippen molar-refractivity contribution in [2.45, 2.75) is 37.8 Å². The molecule has 1 N–H and O–H groups in total. The fourth-order valence-corrected chi connectivity index (χ4v) is 6.42. The largest absolute Gasteiger partial charge is 0.494 e. The van der Waals surface area contributed by atoms with E-state index in [0.29, 0.717) is 28.6 Å². The molecule has 1 unspecified atom stereocenters. The van der Waals surface area contributed by atoms with Gasteiger partial charge in [-0.3, -0.25) is 13.9 Å².